The Morgan fingerprint density at radius 2 is 1.81 bits per heavy atom. The molecule has 0 atom stereocenters. The van der Waals surface area contributed by atoms with Crippen molar-refractivity contribution < 1.29 is 9.90 Å². The average molecular weight is 243 g/mol. The summed E-state index contributed by atoms with van der Waals surface area (Å²) in [6.45, 7) is 4.10. The Kier molecular flexibility index (Phi) is 8.64. The molecule has 0 aliphatic heterocycles. The van der Waals surface area contributed by atoms with Gasteiger partial charge in [0.25, 0.3) is 0 Å². The Morgan fingerprint density at radius 1 is 1.25 bits per heavy atom. The fraction of sp³-hybridized carbons (Fsp3) is 0.462. The van der Waals surface area contributed by atoms with Crippen LogP contribution in [0.3, 0.4) is 0 Å². The summed E-state index contributed by atoms with van der Waals surface area (Å²) in [7, 11) is 0. The predicted octanol–water partition coefficient (Wildman–Crippen LogP) is 4.30. The highest BCUT2D eigenvalue weighted by molar-refractivity contribution is 6.30. The molecule has 1 aromatic carbocycles. The number of hydrogen-bond acceptors (Lipinski definition) is 1. The summed E-state index contributed by atoms with van der Waals surface area (Å²) in [5, 5.41) is 8.94. The highest BCUT2D eigenvalue weighted by Gasteiger charge is 1.92. The normalized spacial score (nSPS) is 9.19. The molecule has 0 heterocycles. The van der Waals surface area contributed by atoms with Gasteiger partial charge in [-0.3, -0.25) is 4.79 Å². The Bertz CT molecular complexity index is 272. The first-order chi connectivity index (χ1) is 7.56. The van der Waals surface area contributed by atoms with Gasteiger partial charge in [0.1, 0.15) is 0 Å². The third-order valence-electron chi connectivity index (χ3n) is 2.01. The fourth-order valence-electron chi connectivity index (χ4n) is 1.06. The van der Waals surface area contributed by atoms with E-state index in [0.29, 0.717) is 6.42 Å². The Labute approximate surface area is 102 Å². The first-order valence-electron chi connectivity index (χ1n) is 5.50. The summed E-state index contributed by atoms with van der Waals surface area (Å²) in [5.74, 6) is -0.682. The van der Waals surface area contributed by atoms with E-state index >= 15 is 0 Å². The largest absolute Gasteiger partial charge is 0.481 e. The van der Waals surface area contributed by atoms with Gasteiger partial charge in [0.2, 0.25) is 0 Å². The van der Waals surface area contributed by atoms with Crippen LogP contribution in [0.4, 0.5) is 0 Å². The van der Waals surface area contributed by atoms with Crippen LogP contribution in [-0.4, -0.2) is 11.1 Å². The van der Waals surface area contributed by atoms with Gasteiger partial charge in [-0.2, -0.15) is 0 Å². The Balaban J connectivity index is 0.000000281. The maximum atomic E-state index is 9.87. The van der Waals surface area contributed by atoms with Crippen LogP contribution in [0, 0.1) is 6.92 Å². The molecule has 0 aliphatic carbocycles. The van der Waals surface area contributed by atoms with E-state index in [1.165, 1.54) is 5.56 Å². The van der Waals surface area contributed by atoms with E-state index in [-0.39, 0.29) is 0 Å². The zero-order valence-corrected chi connectivity index (χ0v) is 10.6. The molecule has 1 aromatic rings. The van der Waals surface area contributed by atoms with Crippen LogP contribution in [-0.2, 0) is 4.79 Å². The molecule has 90 valence electrons. The maximum Gasteiger partial charge on any atom is 0.303 e. The molecular weight excluding hydrogens is 224 g/mol. The van der Waals surface area contributed by atoms with Gasteiger partial charge in [0.05, 0.1) is 0 Å². The lowest BCUT2D eigenvalue weighted by atomic mass is 10.2. The first-order valence-corrected chi connectivity index (χ1v) is 5.88. The summed E-state index contributed by atoms with van der Waals surface area (Å²) in [5.41, 5.74) is 1.24. The molecular formula is C13H19ClO2. The van der Waals surface area contributed by atoms with E-state index in [9.17, 15) is 4.79 Å². The third-order valence-corrected chi connectivity index (χ3v) is 2.26. The zero-order valence-electron chi connectivity index (χ0n) is 9.87. The zero-order chi connectivity index (χ0) is 12.4. The number of rotatable bonds is 4. The molecule has 0 saturated heterocycles. The van der Waals surface area contributed by atoms with Crippen molar-refractivity contribution in [2.45, 2.75) is 39.5 Å². The quantitative estimate of drug-likeness (QED) is 0.800. The fourth-order valence-corrected chi connectivity index (χ4v) is 1.19. The SMILES string of the molecule is CCCCCC(=O)O.Cc1ccc(Cl)cc1. The van der Waals surface area contributed by atoms with E-state index in [1.54, 1.807) is 0 Å². The molecule has 1 rings (SSSR count). The average Bonchev–Trinajstić information content (AvgIpc) is 2.23. The number of aryl methyl sites for hydroxylation is 1. The summed E-state index contributed by atoms with van der Waals surface area (Å²) >= 11 is 5.61. The molecule has 0 spiro atoms. The molecule has 0 bridgehead atoms. The van der Waals surface area contributed by atoms with Gasteiger partial charge in [-0.25, -0.2) is 0 Å². The number of carboxylic acids is 1. The van der Waals surface area contributed by atoms with Gasteiger partial charge < -0.3 is 5.11 Å². The lowest BCUT2D eigenvalue weighted by Gasteiger charge is -1.89. The molecule has 0 radical (unpaired) electrons. The summed E-state index contributed by atoms with van der Waals surface area (Å²) < 4.78 is 0. The van der Waals surface area contributed by atoms with Crippen molar-refractivity contribution in [3.05, 3.63) is 34.9 Å². The molecule has 0 amide bonds. The molecule has 1 N–H and O–H groups in total. The molecule has 0 fully saturated rings. The smallest absolute Gasteiger partial charge is 0.303 e. The summed E-state index contributed by atoms with van der Waals surface area (Å²) in [4.78, 5) is 9.87. The first kappa shape index (κ1) is 15.0. The van der Waals surface area contributed by atoms with Crippen molar-refractivity contribution in [3.63, 3.8) is 0 Å². The van der Waals surface area contributed by atoms with Crippen LogP contribution in [0.5, 0.6) is 0 Å². The van der Waals surface area contributed by atoms with E-state index in [4.69, 9.17) is 16.7 Å². The maximum absolute atomic E-state index is 9.87. The van der Waals surface area contributed by atoms with Gasteiger partial charge in [-0.05, 0) is 25.5 Å². The van der Waals surface area contributed by atoms with Gasteiger partial charge >= 0.3 is 5.97 Å². The minimum Gasteiger partial charge on any atom is -0.481 e. The highest BCUT2D eigenvalue weighted by atomic mass is 35.5. The van der Waals surface area contributed by atoms with Crippen LogP contribution in [0.1, 0.15) is 38.2 Å². The van der Waals surface area contributed by atoms with E-state index in [1.807, 2.05) is 31.2 Å². The number of unbranched alkanes of at least 4 members (excludes halogenated alkanes) is 2. The lowest BCUT2D eigenvalue weighted by Crippen LogP contribution is -1.92. The standard InChI is InChI=1S/C7H7Cl.C6H12O2/c1-6-2-4-7(8)5-3-6;1-2-3-4-5-6(7)8/h2-5H,1H3;2-5H2,1H3,(H,7,8). The molecule has 3 heteroatoms. The van der Waals surface area contributed by atoms with Crippen LogP contribution < -0.4 is 0 Å². The Morgan fingerprint density at radius 3 is 2.19 bits per heavy atom. The summed E-state index contributed by atoms with van der Waals surface area (Å²) in [6, 6.07) is 7.75. The van der Waals surface area contributed by atoms with E-state index < -0.39 is 5.97 Å². The van der Waals surface area contributed by atoms with Crippen molar-refractivity contribution >= 4 is 17.6 Å². The second kappa shape index (κ2) is 9.22. The number of carboxylic acid groups (broad SMARTS) is 1. The topological polar surface area (TPSA) is 37.3 Å². The van der Waals surface area contributed by atoms with Crippen molar-refractivity contribution in [2.75, 3.05) is 0 Å². The minimum atomic E-state index is -0.682. The van der Waals surface area contributed by atoms with Crippen LogP contribution >= 0.6 is 11.6 Å². The number of benzene rings is 1. The van der Waals surface area contributed by atoms with Gasteiger partial charge in [-0.1, -0.05) is 49.1 Å². The molecule has 0 aromatic heterocycles. The van der Waals surface area contributed by atoms with Crippen molar-refractivity contribution in [2.24, 2.45) is 0 Å². The second-order valence-corrected chi connectivity index (χ2v) is 4.08. The van der Waals surface area contributed by atoms with E-state index in [2.05, 4.69) is 6.92 Å². The van der Waals surface area contributed by atoms with Crippen LogP contribution in [0.15, 0.2) is 24.3 Å². The molecule has 2 nitrogen and oxygen atoms in total. The van der Waals surface area contributed by atoms with Crippen LogP contribution in [0.25, 0.3) is 0 Å². The molecule has 0 saturated carbocycles. The monoisotopic (exact) mass is 242 g/mol. The molecule has 0 aliphatic rings. The van der Waals surface area contributed by atoms with Gasteiger partial charge in [0.15, 0.2) is 0 Å². The van der Waals surface area contributed by atoms with Gasteiger partial charge in [-0.15, -0.1) is 0 Å². The number of aliphatic carboxylic acids is 1. The van der Waals surface area contributed by atoms with Crippen LogP contribution in [0.2, 0.25) is 5.02 Å². The second-order valence-electron chi connectivity index (χ2n) is 3.65. The van der Waals surface area contributed by atoms with E-state index in [0.717, 1.165) is 24.3 Å². The van der Waals surface area contributed by atoms with Crippen molar-refractivity contribution in [1.29, 1.82) is 0 Å². The molecule has 0 unspecified atom stereocenters. The summed E-state index contributed by atoms with van der Waals surface area (Å²) in [6.07, 6.45) is 3.28. The number of carbonyl (C=O) groups is 1. The lowest BCUT2D eigenvalue weighted by molar-refractivity contribution is -0.137. The van der Waals surface area contributed by atoms with Gasteiger partial charge in [0, 0.05) is 11.4 Å². The van der Waals surface area contributed by atoms with Crippen molar-refractivity contribution in [3.8, 4) is 0 Å². The highest BCUT2D eigenvalue weighted by Crippen LogP contribution is 2.07. The third kappa shape index (κ3) is 9.53. The van der Waals surface area contributed by atoms with Crippen molar-refractivity contribution in [1.82, 2.24) is 0 Å². The Hall–Kier alpha value is -1.02. The minimum absolute atomic E-state index is 0.327. The predicted molar refractivity (Wildman–Crippen MR) is 68.0 cm³/mol. The number of hydrogen-bond donors (Lipinski definition) is 1. The molecule has 16 heavy (non-hydrogen) atoms. The number of halogens is 1.